The summed E-state index contributed by atoms with van der Waals surface area (Å²) in [5, 5.41) is 39.1. The van der Waals surface area contributed by atoms with Crippen LogP contribution < -0.4 is 10.6 Å². The van der Waals surface area contributed by atoms with Gasteiger partial charge in [-0.15, -0.1) is 11.3 Å². The molecule has 4 rings (SSSR count). The first-order chi connectivity index (χ1) is 25.7. The van der Waals surface area contributed by atoms with Crippen molar-refractivity contribution in [3.8, 4) is 5.75 Å². The minimum absolute atomic E-state index is 0.0310. The van der Waals surface area contributed by atoms with Gasteiger partial charge in [-0.3, -0.25) is 24.1 Å². The van der Waals surface area contributed by atoms with Gasteiger partial charge >= 0.3 is 5.97 Å². The van der Waals surface area contributed by atoms with Gasteiger partial charge in [-0.2, -0.15) is 0 Å². The summed E-state index contributed by atoms with van der Waals surface area (Å²) in [5.41, 5.74) is 2.22. The Bertz CT molecular complexity index is 1720. The average Bonchev–Trinajstić information content (AvgIpc) is 3.65. The first kappa shape index (κ1) is 42.4. The van der Waals surface area contributed by atoms with Crippen LogP contribution in [0.25, 0.3) is 0 Å². The lowest BCUT2D eigenvalue weighted by Crippen LogP contribution is -2.58. The number of nitrogens with zero attached hydrogens (tertiary/aromatic N) is 3. The normalized spacial score (nSPS) is 17.6. The molecular formula is C41H57N5O7S. The first-order valence-corrected chi connectivity index (χ1v) is 19.9. The van der Waals surface area contributed by atoms with E-state index in [1.165, 1.54) is 12.1 Å². The summed E-state index contributed by atoms with van der Waals surface area (Å²) < 4.78 is 0. The smallest absolute Gasteiger partial charge is 0.311 e. The number of carbonyl (C=O) groups is 4. The Balaban J connectivity index is 1.50. The number of thiazole rings is 1. The minimum Gasteiger partial charge on any atom is -0.508 e. The molecule has 0 saturated carbocycles. The summed E-state index contributed by atoms with van der Waals surface area (Å²) >= 11 is 1.14. The second kappa shape index (κ2) is 19.8. The summed E-state index contributed by atoms with van der Waals surface area (Å²) in [5.74, 6) is -3.09. The topological polar surface area (TPSA) is 172 Å². The van der Waals surface area contributed by atoms with Gasteiger partial charge < -0.3 is 30.9 Å². The average molecular weight is 764 g/mol. The van der Waals surface area contributed by atoms with Gasteiger partial charge in [0.1, 0.15) is 28.6 Å². The molecule has 6 atom stereocenters. The molecular weight excluding hydrogens is 707 g/mol. The molecule has 1 fully saturated rings. The molecule has 0 aliphatic carbocycles. The highest BCUT2D eigenvalue weighted by atomic mass is 32.1. The number of amides is 3. The summed E-state index contributed by atoms with van der Waals surface area (Å²) in [6.07, 6.45) is 2.59. The maximum absolute atomic E-state index is 14.7. The maximum atomic E-state index is 14.7. The summed E-state index contributed by atoms with van der Waals surface area (Å²) in [7, 11) is 1.95. The number of hydrogen-bond donors (Lipinski definition) is 5. The zero-order valence-corrected chi connectivity index (χ0v) is 33.1. The number of hydrogen-bond acceptors (Lipinski definition) is 9. The number of aryl methyl sites for hydroxylation is 1. The van der Waals surface area contributed by atoms with Gasteiger partial charge in [0.2, 0.25) is 11.8 Å². The Morgan fingerprint density at radius 1 is 1.07 bits per heavy atom. The standard InChI is InChI=1S/C41H57N5O7S/c1-7-26(4)36(44-38(50)33-15-11-12-20-45(33)6)40(51)46(23-28-13-9-8-10-14-28)34(25(2)3)22-35(48)39-43-32(24-54-39)37(49)42-19-18-30(41(52)53)31-21-29(47)17-16-27(31)5/h8-10,13-14,16-17,21,24-26,30,33-36,47-48H,7,11-12,15,18-20,22-23H2,1-6H3,(H,42,49)(H,44,50)(H,52,53)/t26?,30-,33?,34-,35-,36?/m1/s1. The van der Waals surface area contributed by atoms with Gasteiger partial charge in [-0.1, -0.05) is 76.9 Å². The van der Waals surface area contributed by atoms with Crippen molar-refractivity contribution >= 4 is 35.0 Å². The molecule has 294 valence electrons. The van der Waals surface area contributed by atoms with Crippen molar-refractivity contribution in [2.45, 2.75) is 110 Å². The highest BCUT2D eigenvalue weighted by Crippen LogP contribution is 2.31. The molecule has 0 spiro atoms. The van der Waals surface area contributed by atoms with E-state index < -0.39 is 36.0 Å². The Hall–Kier alpha value is -4.33. The fourth-order valence-electron chi connectivity index (χ4n) is 7.13. The van der Waals surface area contributed by atoms with E-state index >= 15 is 0 Å². The largest absolute Gasteiger partial charge is 0.508 e. The number of aromatic hydroxyl groups is 1. The minimum atomic E-state index is -1.09. The van der Waals surface area contributed by atoms with Crippen molar-refractivity contribution in [3.63, 3.8) is 0 Å². The van der Waals surface area contributed by atoms with Crippen molar-refractivity contribution in [1.29, 1.82) is 0 Å². The molecule has 3 unspecified atom stereocenters. The van der Waals surface area contributed by atoms with E-state index in [1.54, 1.807) is 23.3 Å². The predicted octanol–water partition coefficient (Wildman–Crippen LogP) is 5.64. The Morgan fingerprint density at radius 3 is 2.44 bits per heavy atom. The molecule has 54 heavy (non-hydrogen) atoms. The summed E-state index contributed by atoms with van der Waals surface area (Å²) in [6.45, 7) is 10.9. The van der Waals surface area contributed by atoms with Crippen LogP contribution in [0.4, 0.5) is 0 Å². The molecule has 0 bridgehead atoms. The van der Waals surface area contributed by atoms with Gasteiger partial charge in [0.05, 0.1) is 12.0 Å². The lowest BCUT2D eigenvalue weighted by Gasteiger charge is -2.40. The van der Waals surface area contributed by atoms with Crippen LogP contribution in [0.2, 0.25) is 0 Å². The van der Waals surface area contributed by atoms with Crippen LogP contribution in [0.3, 0.4) is 0 Å². The number of aromatic nitrogens is 1. The third-order valence-electron chi connectivity index (χ3n) is 10.7. The summed E-state index contributed by atoms with van der Waals surface area (Å²) in [4.78, 5) is 61.8. The van der Waals surface area contributed by atoms with Crippen LogP contribution in [-0.4, -0.2) is 92.1 Å². The number of phenolic OH excluding ortho intramolecular Hbond substituents is 1. The fourth-order valence-corrected chi connectivity index (χ4v) is 7.92. The second-order valence-electron chi connectivity index (χ2n) is 14.9. The van der Waals surface area contributed by atoms with Crippen LogP contribution in [0.1, 0.15) is 110 Å². The molecule has 2 aromatic carbocycles. The molecule has 3 aromatic rings. The molecule has 1 saturated heterocycles. The van der Waals surface area contributed by atoms with Crippen molar-refractivity contribution < 1.29 is 34.5 Å². The number of rotatable bonds is 18. The lowest BCUT2D eigenvalue weighted by molar-refractivity contribution is -0.143. The van der Waals surface area contributed by atoms with Crippen molar-refractivity contribution in [3.05, 3.63) is 81.3 Å². The number of carboxylic acid groups (broad SMARTS) is 1. The fraction of sp³-hybridized carbons (Fsp3) is 0.537. The van der Waals surface area contributed by atoms with Crippen LogP contribution in [-0.2, 0) is 20.9 Å². The number of phenols is 1. The number of carbonyl (C=O) groups excluding carboxylic acids is 3. The molecule has 1 aliphatic heterocycles. The number of carboxylic acids is 1. The van der Waals surface area contributed by atoms with E-state index in [4.69, 9.17) is 0 Å². The van der Waals surface area contributed by atoms with Gasteiger partial charge in [0.15, 0.2) is 0 Å². The molecule has 12 nitrogen and oxygen atoms in total. The van der Waals surface area contributed by atoms with E-state index in [-0.39, 0.29) is 67.1 Å². The molecule has 5 N–H and O–H groups in total. The van der Waals surface area contributed by atoms with Gasteiger partial charge in [0, 0.05) is 30.9 Å². The molecule has 13 heteroatoms. The molecule has 1 aliphatic rings. The van der Waals surface area contributed by atoms with Gasteiger partial charge in [-0.25, -0.2) is 4.98 Å². The van der Waals surface area contributed by atoms with Crippen LogP contribution in [0.15, 0.2) is 53.9 Å². The molecule has 2 heterocycles. The van der Waals surface area contributed by atoms with Gasteiger partial charge in [0.25, 0.3) is 5.91 Å². The van der Waals surface area contributed by atoms with E-state index in [9.17, 15) is 34.5 Å². The molecule has 0 radical (unpaired) electrons. The molecule has 1 aromatic heterocycles. The Kier molecular flexibility index (Phi) is 15.6. The number of aliphatic carboxylic acids is 1. The number of piperidine rings is 1. The third kappa shape index (κ3) is 11.1. The van der Waals surface area contributed by atoms with E-state index in [0.29, 0.717) is 17.0 Å². The number of likely N-dealkylation sites (N-methyl/N-ethyl adjacent to an activating group) is 1. The third-order valence-corrected chi connectivity index (χ3v) is 11.6. The SMILES string of the molecule is CCC(C)C(NC(=O)C1CCCCN1C)C(=O)N(Cc1ccccc1)[C@H](C[C@@H](O)c1nc(C(=O)NCC[C@@H](C(=O)O)c2cc(O)ccc2C)cs1)C(C)C. The lowest BCUT2D eigenvalue weighted by atomic mass is 9.91. The molecule has 3 amide bonds. The quantitative estimate of drug-likeness (QED) is 0.110. The van der Waals surface area contributed by atoms with Crippen molar-refractivity contribution in [2.24, 2.45) is 11.8 Å². The Labute approximate surface area is 323 Å². The van der Waals surface area contributed by atoms with Crippen LogP contribution >= 0.6 is 11.3 Å². The van der Waals surface area contributed by atoms with E-state index in [2.05, 4.69) is 20.5 Å². The van der Waals surface area contributed by atoms with Crippen LogP contribution in [0, 0.1) is 18.8 Å². The zero-order valence-electron chi connectivity index (χ0n) is 32.3. The summed E-state index contributed by atoms with van der Waals surface area (Å²) in [6, 6.07) is 12.8. The number of aliphatic hydroxyl groups excluding tert-OH is 1. The first-order valence-electron chi connectivity index (χ1n) is 19.0. The highest BCUT2D eigenvalue weighted by molar-refractivity contribution is 7.09. The van der Waals surface area contributed by atoms with Crippen LogP contribution in [0.5, 0.6) is 5.75 Å². The number of benzene rings is 2. The second-order valence-corrected chi connectivity index (χ2v) is 15.8. The number of likely N-dealkylation sites (tertiary alicyclic amines) is 1. The van der Waals surface area contributed by atoms with E-state index in [0.717, 1.165) is 48.3 Å². The Morgan fingerprint density at radius 2 is 1.80 bits per heavy atom. The highest BCUT2D eigenvalue weighted by Gasteiger charge is 2.38. The zero-order chi connectivity index (χ0) is 39.5. The van der Waals surface area contributed by atoms with Crippen molar-refractivity contribution in [1.82, 2.24) is 25.4 Å². The number of nitrogens with one attached hydrogen (secondary N) is 2. The van der Waals surface area contributed by atoms with Crippen molar-refractivity contribution in [2.75, 3.05) is 20.1 Å². The predicted molar refractivity (Wildman–Crippen MR) is 209 cm³/mol. The van der Waals surface area contributed by atoms with Gasteiger partial charge in [-0.05, 0) is 80.4 Å². The maximum Gasteiger partial charge on any atom is 0.311 e. The monoisotopic (exact) mass is 763 g/mol. The number of aliphatic hydroxyl groups is 1. The van der Waals surface area contributed by atoms with E-state index in [1.807, 2.05) is 65.1 Å².